The van der Waals surface area contributed by atoms with Crippen LogP contribution in [0, 0.1) is 35.0 Å². The van der Waals surface area contributed by atoms with Crippen LogP contribution in [-0.2, 0) is 9.59 Å². The van der Waals surface area contributed by atoms with E-state index < -0.39 is 0 Å². The summed E-state index contributed by atoms with van der Waals surface area (Å²) >= 11 is 0. The van der Waals surface area contributed by atoms with Crippen LogP contribution < -0.4 is 0 Å². The first kappa shape index (κ1) is 11.2. The number of ketones is 1. The van der Waals surface area contributed by atoms with Gasteiger partial charge in [-0.05, 0) is 41.1 Å². The van der Waals surface area contributed by atoms with Crippen LogP contribution in [0.25, 0.3) is 0 Å². The highest BCUT2D eigenvalue weighted by Crippen LogP contribution is 2.70. The number of hydrogen-bond acceptors (Lipinski definition) is 2. The van der Waals surface area contributed by atoms with Crippen molar-refractivity contribution in [3.8, 4) is 0 Å². The van der Waals surface area contributed by atoms with Crippen molar-refractivity contribution in [2.75, 3.05) is 0 Å². The van der Waals surface area contributed by atoms with Crippen molar-refractivity contribution in [1.29, 1.82) is 0 Å². The molecule has 0 aromatic carbocycles. The Bertz CT molecular complexity index is 421. The molecule has 4 aliphatic rings. The van der Waals surface area contributed by atoms with Crippen LogP contribution in [0.1, 0.15) is 33.6 Å². The molecule has 0 radical (unpaired) electrons. The lowest BCUT2D eigenvalue weighted by Crippen LogP contribution is -2.67. The number of hydrogen-bond donors (Lipinski definition) is 0. The van der Waals surface area contributed by atoms with E-state index in [1.54, 1.807) is 0 Å². The van der Waals surface area contributed by atoms with Crippen LogP contribution in [0.3, 0.4) is 0 Å². The van der Waals surface area contributed by atoms with Gasteiger partial charge in [-0.1, -0.05) is 26.8 Å². The number of fused-ring (bicyclic) bond motifs is 2. The van der Waals surface area contributed by atoms with Gasteiger partial charge in [0.2, 0.25) is 0 Å². The summed E-state index contributed by atoms with van der Waals surface area (Å²) in [5.41, 5.74) is 1.07. The van der Waals surface area contributed by atoms with E-state index in [0.717, 1.165) is 18.3 Å². The minimum Gasteiger partial charge on any atom is -0.299 e. The third kappa shape index (κ3) is 1.16. The Morgan fingerprint density at radius 1 is 1.47 bits per heavy atom. The summed E-state index contributed by atoms with van der Waals surface area (Å²) in [6, 6.07) is 0. The quantitative estimate of drug-likeness (QED) is 0.686. The Labute approximate surface area is 102 Å². The predicted octanol–water partition coefficient (Wildman–Crippen LogP) is 2.63. The minimum absolute atomic E-state index is 0.0954. The number of carbonyl (C=O) groups is 2. The van der Waals surface area contributed by atoms with Crippen LogP contribution in [0.2, 0.25) is 0 Å². The van der Waals surface area contributed by atoms with Gasteiger partial charge in [0.25, 0.3) is 0 Å². The van der Waals surface area contributed by atoms with Crippen molar-refractivity contribution < 1.29 is 9.59 Å². The molecule has 4 rings (SSSR count). The molecule has 5 atom stereocenters. The number of Topliss-reactive ketones (excluding diaryl/α,β-unsaturated/α-hetero) is 1. The van der Waals surface area contributed by atoms with Crippen LogP contribution in [-0.4, -0.2) is 12.1 Å². The van der Waals surface area contributed by atoms with E-state index in [2.05, 4.69) is 26.8 Å². The maximum Gasteiger partial charge on any atom is 0.146 e. The number of carbonyl (C=O) groups excluding carboxylic acids is 2. The van der Waals surface area contributed by atoms with E-state index in [4.69, 9.17) is 0 Å². The second-order valence-corrected chi connectivity index (χ2v) is 6.64. The minimum atomic E-state index is 0.0954. The predicted molar refractivity (Wildman–Crippen MR) is 65.3 cm³/mol. The molecule has 3 saturated carbocycles. The summed E-state index contributed by atoms with van der Waals surface area (Å²) in [4.78, 5) is 23.4. The highest BCUT2D eigenvalue weighted by molar-refractivity contribution is 5.87. The van der Waals surface area contributed by atoms with Crippen LogP contribution in [0.5, 0.6) is 0 Å². The van der Waals surface area contributed by atoms with Crippen molar-refractivity contribution in [2.45, 2.75) is 33.6 Å². The van der Waals surface area contributed by atoms with Gasteiger partial charge in [-0.3, -0.25) is 9.59 Å². The molecular weight excluding hydrogens is 212 g/mol. The van der Waals surface area contributed by atoms with Crippen LogP contribution in [0.4, 0.5) is 0 Å². The molecule has 2 heteroatoms. The standard InChI is InChI=1S/C15H20O2/c1-8(2)12-11(17)6-15(3)10-5-4-9(7-16)14(15)13(10)12/h4,7-8,10,12-14H,5-6H2,1-3H3/t10-,12-,13+,14+,15+/m1/s1. The Kier molecular flexibility index (Phi) is 2.17. The molecule has 0 amide bonds. The molecule has 2 nitrogen and oxygen atoms in total. The Morgan fingerprint density at radius 2 is 2.18 bits per heavy atom. The molecule has 0 unspecified atom stereocenters. The molecule has 0 heterocycles. The number of allylic oxidation sites excluding steroid dienone is 2. The Morgan fingerprint density at radius 3 is 2.76 bits per heavy atom. The van der Waals surface area contributed by atoms with Gasteiger partial charge in [-0.2, -0.15) is 0 Å². The topological polar surface area (TPSA) is 34.1 Å². The first-order valence-corrected chi connectivity index (χ1v) is 6.68. The summed E-state index contributed by atoms with van der Waals surface area (Å²) in [5, 5.41) is 0. The lowest BCUT2D eigenvalue weighted by Gasteiger charge is -2.68. The van der Waals surface area contributed by atoms with E-state index in [9.17, 15) is 9.59 Å². The highest BCUT2D eigenvalue weighted by Gasteiger charge is 2.68. The van der Waals surface area contributed by atoms with Crippen molar-refractivity contribution in [3.63, 3.8) is 0 Å². The monoisotopic (exact) mass is 232 g/mol. The lowest BCUT2D eigenvalue weighted by atomic mass is 9.34. The second-order valence-electron chi connectivity index (χ2n) is 6.64. The summed E-state index contributed by atoms with van der Waals surface area (Å²) in [6.07, 6.45) is 4.82. The first-order valence-electron chi connectivity index (χ1n) is 6.68. The maximum absolute atomic E-state index is 12.2. The van der Waals surface area contributed by atoms with E-state index >= 15 is 0 Å². The zero-order valence-corrected chi connectivity index (χ0v) is 10.8. The van der Waals surface area contributed by atoms with Gasteiger partial charge in [0, 0.05) is 12.3 Å². The summed E-state index contributed by atoms with van der Waals surface area (Å²) < 4.78 is 0. The van der Waals surface area contributed by atoms with Gasteiger partial charge in [-0.15, -0.1) is 0 Å². The second kappa shape index (κ2) is 3.30. The molecule has 0 N–H and O–H groups in total. The SMILES string of the molecule is CC(C)[C@@H]1C(=O)C[C@@]2(C)[C@@H]3CC=C(C=O)[C@H]2[C@@H]31. The number of aldehydes is 1. The van der Waals surface area contributed by atoms with Gasteiger partial charge in [0.05, 0.1) is 0 Å². The van der Waals surface area contributed by atoms with Gasteiger partial charge < -0.3 is 0 Å². The fraction of sp³-hybridized carbons (Fsp3) is 0.733. The average molecular weight is 232 g/mol. The largest absolute Gasteiger partial charge is 0.299 e. The Balaban J connectivity index is 2.02. The molecule has 0 saturated heterocycles. The zero-order valence-electron chi connectivity index (χ0n) is 10.8. The molecule has 92 valence electrons. The molecule has 0 aliphatic heterocycles. The third-order valence-electron chi connectivity index (χ3n) is 5.57. The van der Waals surface area contributed by atoms with Crippen molar-refractivity contribution >= 4 is 12.1 Å². The molecule has 0 spiro atoms. The first-order chi connectivity index (χ1) is 8.00. The molecule has 4 aliphatic carbocycles. The van der Waals surface area contributed by atoms with Crippen LogP contribution >= 0.6 is 0 Å². The fourth-order valence-corrected chi connectivity index (χ4v) is 4.99. The van der Waals surface area contributed by atoms with Gasteiger partial charge >= 0.3 is 0 Å². The molecule has 0 aromatic rings. The Hall–Kier alpha value is -0.920. The zero-order chi connectivity index (χ0) is 12.4. The lowest BCUT2D eigenvalue weighted by molar-refractivity contribution is -0.188. The van der Waals surface area contributed by atoms with Crippen molar-refractivity contribution in [3.05, 3.63) is 11.6 Å². The van der Waals surface area contributed by atoms with Crippen LogP contribution in [0.15, 0.2) is 11.6 Å². The maximum atomic E-state index is 12.2. The molecule has 17 heavy (non-hydrogen) atoms. The van der Waals surface area contributed by atoms with Gasteiger partial charge in [0.1, 0.15) is 12.1 Å². The van der Waals surface area contributed by atoms with Gasteiger partial charge in [0.15, 0.2) is 0 Å². The van der Waals surface area contributed by atoms with E-state index in [0.29, 0.717) is 35.9 Å². The van der Waals surface area contributed by atoms with Gasteiger partial charge in [-0.25, -0.2) is 0 Å². The van der Waals surface area contributed by atoms with Crippen molar-refractivity contribution in [2.24, 2.45) is 35.0 Å². The molecular formula is C15H20O2. The summed E-state index contributed by atoms with van der Waals surface area (Å²) in [7, 11) is 0. The smallest absolute Gasteiger partial charge is 0.146 e. The molecule has 4 bridgehead atoms. The molecule has 0 aromatic heterocycles. The normalized spacial score (nSPS) is 47.5. The summed E-state index contributed by atoms with van der Waals surface area (Å²) in [6.45, 7) is 6.50. The fourth-order valence-electron chi connectivity index (χ4n) is 4.99. The van der Waals surface area contributed by atoms with E-state index in [1.165, 1.54) is 0 Å². The summed E-state index contributed by atoms with van der Waals surface area (Å²) in [5.74, 6) is 2.49. The highest BCUT2D eigenvalue weighted by atomic mass is 16.1. The van der Waals surface area contributed by atoms with Crippen molar-refractivity contribution in [1.82, 2.24) is 0 Å². The number of rotatable bonds is 2. The average Bonchev–Trinajstić information content (AvgIpc) is 2.27. The molecule has 3 fully saturated rings. The van der Waals surface area contributed by atoms with E-state index in [-0.39, 0.29) is 11.3 Å². The van der Waals surface area contributed by atoms with E-state index in [1.807, 2.05) is 0 Å². The third-order valence-corrected chi connectivity index (χ3v) is 5.57.